The number of rotatable bonds is 6. The molecule has 0 saturated carbocycles. The van der Waals surface area contributed by atoms with Crippen LogP contribution >= 0.6 is 11.6 Å². The maximum atomic E-state index is 10.9. The fourth-order valence-electron chi connectivity index (χ4n) is 2.84. The zero-order valence-electron chi connectivity index (χ0n) is 12.7. The van der Waals surface area contributed by atoms with E-state index in [2.05, 4.69) is 22.9 Å². The molecular formula is C19H19ClN2O. The molecule has 1 aromatic heterocycles. The lowest BCUT2D eigenvalue weighted by atomic mass is 9.95. The van der Waals surface area contributed by atoms with Gasteiger partial charge in [-0.1, -0.05) is 48.0 Å². The smallest absolute Gasteiger partial charge is 0.0986 e. The van der Waals surface area contributed by atoms with Gasteiger partial charge in [0, 0.05) is 28.7 Å². The molecule has 0 saturated heterocycles. The Morgan fingerprint density at radius 1 is 1.22 bits per heavy atom. The third kappa shape index (κ3) is 3.32. The molecule has 0 spiro atoms. The van der Waals surface area contributed by atoms with E-state index in [1.165, 1.54) is 0 Å². The molecule has 3 aromatic rings. The molecule has 3 nitrogen and oxygen atoms in total. The Balaban J connectivity index is 2.01. The van der Waals surface area contributed by atoms with Crippen molar-refractivity contribution in [2.75, 3.05) is 6.54 Å². The number of aromatic nitrogens is 1. The number of benzene rings is 2. The first-order valence-electron chi connectivity index (χ1n) is 7.54. The number of hydrogen-bond acceptors (Lipinski definition) is 2. The van der Waals surface area contributed by atoms with Gasteiger partial charge in [0.15, 0.2) is 0 Å². The van der Waals surface area contributed by atoms with Gasteiger partial charge in [0.2, 0.25) is 0 Å². The second kappa shape index (κ2) is 7.01. The fraction of sp³-hybridized carbons (Fsp3) is 0.158. The average molecular weight is 327 g/mol. The minimum Gasteiger partial charge on any atom is -0.386 e. The first-order valence-corrected chi connectivity index (χ1v) is 7.92. The molecule has 1 heterocycles. The summed E-state index contributed by atoms with van der Waals surface area (Å²) in [5.74, 6) is 0. The Bertz CT molecular complexity index is 812. The summed E-state index contributed by atoms with van der Waals surface area (Å²) in [6, 6.07) is 15.1. The number of halogens is 1. The highest BCUT2D eigenvalue weighted by Crippen LogP contribution is 2.33. The molecule has 2 aromatic carbocycles. The van der Waals surface area contributed by atoms with Crippen LogP contribution in [-0.4, -0.2) is 16.6 Å². The molecule has 0 aliphatic carbocycles. The van der Waals surface area contributed by atoms with Gasteiger partial charge in [0.05, 0.1) is 12.1 Å². The van der Waals surface area contributed by atoms with Gasteiger partial charge in [-0.3, -0.25) is 0 Å². The number of aliphatic hydroxyl groups is 1. The molecule has 0 fully saturated rings. The van der Waals surface area contributed by atoms with Crippen LogP contribution in [0.25, 0.3) is 10.9 Å². The summed E-state index contributed by atoms with van der Waals surface area (Å²) in [6.07, 6.45) is 3.01. The molecule has 0 amide bonds. The van der Waals surface area contributed by atoms with Crippen molar-refractivity contribution < 1.29 is 5.11 Å². The van der Waals surface area contributed by atoms with E-state index in [1.54, 1.807) is 18.2 Å². The summed E-state index contributed by atoms with van der Waals surface area (Å²) < 4.78 is 0. The van der Waals surface area contributed by atoms with Crippen LogP contribution in [0.15, 0.2) is 67.4 Å². The Morgan fingerprint density at radius 3 is 2.83 bits per heavy atom. The Kier molecular flexibility index (Phi) is 4.82. The number of aromatic amines is 1. The monoisotopic (exact) mass is 326 g/mol. The minimum absolute atomic E-state index is 0.261. The zero-order valence-corrected chi connectivity index (χ0v) is 13.4. The molecule has 4 heteroatoms. The number of H-pyrrole nitrogens is 1. The predicted molar refractivity (Wildman–Crippen MR) is 95.7 cm³/mol. The van der Waals surface area contributed by atoms with Crippen molar-refractivity contribution >= 4 is 22.5 Å². The highest BCUT2D eigenvalue weighted by molar-refractivity contribution is 6.30. The van der Waals surface area contributed by atoms with Gasteiger partial charge in [-0.25, -0.2) is 0 Å². The van der Waals surface area contributed by atoms with E-state index in [0.717, 1.165) is 22.0 Å². The van der Waals surface area contributed by atoms with Crippen molar-refractivity contribution in [3.8, 4) is 0 Å². The molecule has 3 rings (SSSR count). The van der Waals surface area contributed by atoms with Crippen molar-refractivity contribution in [1.82, 2.24) is 10.3 Å². The van der Waals surface area contributed by atoms with Crippen molar-refractivity contribution in [1.29, 1.82) is 0 Å². The van der Waals surface area contributed by atoms with Crippen molar-refractivity contribution in [3.63, 3.8) is 0 Å². The number of hydrogen-bond donors (Lipinski definition) is 3. The van der Waals surface area contributed by atoms with Crippen LogP contribution in [0.4, 0.5) is 0 Å². The summed E-state index contributed by atoms with van der Waals surface area (Å²) in [6.45, 7) is 4.35. The van der Waals surface area contributed by atoms with Crippen molar-refractivity contribution in [2.24, 2.45) is 0 Å². The molecule has 0 radical (unpaired) electrons. The van der Waals surface area contributed by atoms with E-state index in [9.17, 15) is 5.11 Å². The molecule has 0 aliphatic rings. The third-order valence-electron chi connectivity index (χ3n) is 3.94. The molecule has 3 N–H and O–H groups in total. The maximum Gasteiger partial charge on any atom is 0.0986 e. The van der Waals surface area contributed by atoms with Gasteiger partial charge in [-0.05, 0) is 29.3 Å². The van der Waals surface area contributed by atoms with Gasteiger partial charge in [0.25, 0.3) is 0 Å². The van der Waals surface area contributed by atoms with Gasteiger partial charge < -0.3 is 15.4 Å². The SMILES string of the molecule is C=CCNC(c1c[nH]c2ccccc12)C(O)c1cccc(Cl)c1. The van der Waals surface area contributed by atoms with Crippen LogP contribution in [0, 0.1) is 0 Å². The van der Waals surface area contributed by atoms with E-state index in [1.807, 2.05) is 36.5 Å². The quantitative estimate of drug-likeness (QED) is 0.589. The Morgan fingerprint density at radius 2 is 2.04 bits per heavy atom. The fourth-order valence-corrected chi connectivity index (χ4v) is 3.03. The zero-order chi connectivity index (χ0) is 16.2. The molecule has 2 atom stereocenters. The number of nitrogens with one attached hydrogen (secondary N) is 2. The first-order chi connectivity index (χ1) is 11.2. The van der Waals surface area contributed by atoms with Crippen molar-refractivity contribution in [3.05, 3.63) is 83.5 Å². The second-order valence-electron chi connectivity index (χ2n) is 5.46. The largest absolute Gasteiger partial charge is 0.386 e. The van der Waals surface area contributed by atoms with Gasteiger partial charge in [-0.15, -0.1) is 6.58 Å². The summed E-state index contributed by atoms with van der Waals surface area (Å²) >= 11 is 6.06. The molecule has 23 heavy (non-hydrogen) atoms. The van der Waals surface area contributed by atoms with E-state index in [-0.39, 0.29) is 6.04 Å². The van der Waals surface area contributed by atoms with E-state index in [4.69, 9.17) is 11.6 Å². The summed E-state index contributed by atoms with van der Waals surface area (Å²) in [5.41, 5.74) is 2.85. The summed E-state index contributed by atoms with van der Waals surface area (Å²) in [5, 5.41) is 16.0. The molecule has 0 aliphatic heterocycles. The highest BCUT2D eigenvalue weighted by Gasteiger charge is 2.24. The van der Waals surface area contributed by atoms with Gasteiger partial charge in [0.1, 0.15) is 0 Å². The Hall–Kier alpha value is -2.07. The number of fused-ring (bicyclic) bond motifs is 1. The van der Waals surface area contributed by atoms with Crippen LogP contribution in [0.3, 0.4) is 0 Å². The minimum atomic E-state index is -0.715. The normalized spacial score (nSPS) is 13.8. The van der Waals surface area contributed by atoms with Crippen LogP contribution < -0.4 is 5.32 Å². The Labute approximate surface area is 140 Å². The highest BCUT2D eigenvalue weighted by atomic mass is 35.5. The topological polar surface area (TPSA) is 48.0 Å². The molecular weight excluding hydrogens is 308 g/mol. The van der Waals surface area contributed by atoms with Crippen molar-refractivity contribution in [2.45, 2.75) is 12.1 Å². The van der Waals surface area contributed by atoms with E-state index in [0.29, 0.717) is 11.6 Å². The standard InChI is InChI=1S/C19H19ClN2O/c1-2-10-21-18(19(23)13-6-5-7-14(20)11-13)16-12-22-17-9-4-3-8-15(16)17/h2-9,11-12,18-19,21-23H,1,10H2. The summed E-state index contributed by atoms with van der Waals surface area (Å²) in [7, 11) is 0. The average Bonchev–Trinajstić information content (AvgIpc) is 2.99. The predicted octanol–water partition coefficient (Wildman–Crippen LogP) is 4.37. The van der Waals surface area contributed by atoms with Crippen LogP contribution in [0.1, 0.15) is 23.3 Å². The second-order valence-corrected chi connectivity index (χ2v) is 5.90. The van der Waals surface area contributed by atoms with Gasteiger partial charge in [-0.2, -0.15) is 0 Å². The molecule has 0 bridgehead atoms. The maximum absolute atomic E-state index is 10.9. The number of para-hydroxylation sites is 1. The van der Waals surface area contributed by atoms with Gasteiger partial charge >= 0.3 is 0 Å². The lowest BCUT2D eigenvalue weighted by Gasteiger charge is -2.24. The lowest BCUT2D eigenvalue weighted by molar-refractivity contribution is 0.131. The molecule has 2 unspecified atom stereocenters. The first kappa shape index (κ1) is 15.8. The van der Waals surface area contributed by atoms with Crippen LogP contribution in [0.2, 0.25) is 5.02 Å². The van der Waals surface area contributed by atoms with Crippen LogP contribution in [0.5, 0.6) is 0 Å². The number of aliphatic hydroxyl groups excluding tert-OH is 1. The lowest BCUT2D eigenvalue weighted by Crippen LogP contribution is -2.27. The van der Waals surface area contributed by atoms with E-state index < -0.39 is 6.10 Å². The summed E-state index contributed by atoms with van der Waals surface area (Å²) in [4.78, 5) is 3.26. The van der Waals surface area contributed by atoms with Crippen LogP contribution in [-0.2, 0) is 0 Å². The molecule has 118 valence electrons. The third-order valence-corrected chi connectivity index (χ3v) is 4.18. The van der Waals surface area contributed by atoms with E-state index >= 15 is 0 Å².